The van der Waals surface area contributed by atoms with Gasteiger partial charge in [0.25, 0.3) is 0 Å². The Hall–Kier alpha value is -2.83. The molecule has 0 unspecified atom stereocenters. The molecule has 1 aromatic carbocycles. The summed E-state index contributed by atoms with van der Waals surface area (Å²) in [5.41, 5.74) is 5.49. The minimum absolute atomic E-state index is 0.192. The lowest BCUT2D eigenvalue weighted by Crippen LogP contribution is -2.38. The van der Waals surface area contributed by atoms with Crippen LogP contribution < -0.4 is 16.7 Å². The van der Waals surface area contributed by atoms with E-state index >= 15 is 0 Å². The zero-order valence-corrected chi connectivity index (χ0v) is 23.2. The number of anilines is 1. The third kappa shape index (κ3) is 9.74. The number of hydrogen-bond acceptors (Lipinski definition) is 7. The first kappa shape index (κ1) is 28.4. The molecule has 3 N–H and O–H groups in total. The predicted octanol–water partition coefficient (Wildman–Crippen LogP) is 4.07. The van der Waals surface area contributed by atoms with Crippen LogP contribution in [0.4, 0.5) is 15.4 Å². The molecule has 0 saturated heterocycles. The quantitative estimate of drug-likeness (QED) is 0.363. The number of hydrogen-bond donors (Lipinski definition) is 2. The number of carbonyl (C=O) groups excluding carboxylic acids is 2. The lowest BCUT2D eigenvalue weighted by molar-refractivity contribution is 0.0231. The first-order valence-corrected chi connectivity index (χ1v) is 12.3. The molecular weight excluding hydrogens is 565 g/mol. The summed E-state index contributed by atoms with van der Waals surface area (Å²) < 4.78 is 12.9. The number of benzene rings is 1. The van der Waals surface area contributed by atoms with Crippen LogP contribution in [0, 0.1) is 3.57 Å². The topological polar surface area (TPSA) is 129 Å². The number of nitrogens with zero attached hydrogens (tertiary/aromatic N) is 3. The van der Waals surface area contributed by atoms with Crippen molar-refractivity contribution in [2.45, 2.75) is 65.7 Å². The molecule has 1 heterocycles. The Bertz CT molecular complexity index is 1090. The largest absolute Gasteiger partial charge is 0.444 e. The first-order chi connectivity index (χ1) is 16.1. The van der Waals surface area contributed by atoms with Gasteiger partial charge in [-0.3, -0.25) is 4.57 Å². The minimum atomic E-state index is -0.644. The molecule has 0 aliphatic rings. The lowest BCUT2D eigenvalue weighted by Gasteiger charge is -2.27. The maximum Gasteiger partial charge on any atom is 0.410 e. The van der Waals surface area contributed by atoms with Gasteiger partial charge in [-0.15, -0.1) is 0 Å². The van der Waals surface area contributed by atoms with Crippen LogP contribution in [0.25, 0.3) is 5.69 Å². The molecule has 0 bridgehead atoms. The summed E-state index contributed by atoms with van der Waals surface area (Å²) in [6.07, 6.45) is 1.19. The molecule has 0 fully saturated rings. The molecule has 0 radical (unpaired) electrons. The highest BCUT2D eigenvalue weighted by molar-refractivity contribution is 14.1. The maximum atomic E-state index is 12.8. The van der Waals surface area contributed by atoms with Gasteiger partial charge in [0, 0.05) is 25.8 Å². The van der Waals surface area contributed by atoms with E-state index in [-0.39, 0.29) is 5.82 Å². The molecule has 11 heteroatoms. The van der Waals surface area contributed by atoms with Gasteiger partial charge in [0.15, 0.2) is 0 Å². The number of alkyl carbamates (subject to hydrolysis) is 1. The molecule has 10 nitrogen and oxygen atoms in total. The Morgan fingerprint density at radius 2 is 1.69 bits per heavy atom. The zero-order valence-electron chi connectivity index (χ0n) is 21.1. The summed E-state index contributed by atoms with van der Waals surface area (Å²) in [6, 6.07) is 7.23. The van der Waals surface area contributed by atoms with Crippen LogP contribution in [-0.4, -0.2) is 50.9 Å². The smallest absolute Gasteiger partial charge is 0.410 e. The monoisotopic (exact) mass is 599 g/mol. The summed E-state index contributed by atoms with van der Waals surface area (Å²) in [7, 11) is 0. The molecule has 35 heavy (non-hydrogen) atoms. The average Bonchev–Trinajstić information content (AvgIpc) is 2.71. The fourth-order valence-electron chi connectivity index (χ4n) is 2.95. The molecule has 0 atom stereocenters. The van der Waals surface area contributed by atoms with E-state index in [1.807, 2.05) is 55.5 Å². The van der Waals surface area contributed by atoms with E-state index in [0.29, 0.717) is 35.3 Å². The van der Waals surface area contributed by atoms with Gasteiger partial charge in [-0.25, -0.2) is 14.4 Å². The summed E-state index contributed by atoms with van der Waals surface area (Å²) in [6.45, 7) is 11.8. The predicted molar refractivity (Wildman–Crippen MR) is 142 cm³/mol. The summed E-state index contributed by atoms with van der Waals surface area (Å²) in [5, 5.41) is 2.70. The second kappa shape index (κ2) is 11.7. The lowest BCUT2D eigenvalue weighted by atomic mass is 10.2. The van der Waals surface area contributed by atoms with Crippen LogP contribution in [0.15, 0.2) is 35.3 Å². The van der Waals surface area contributed by atoms with E-state index in [0.717, 1.165) is 5.56 Å². The Balaban J connectivity index is 2.08. The van der Waals surface area contributed by atoms with E-state index in [1.54, 1.807) is 44.0 Å². The van der Waals surface area contributed by atoms with Gasteiger partial charge >= 0.3 is 17.9 Å². The summed E-state index contributed by atoms with van der Waals surface area (Å²) >= 11 is 2.02. The fraction of sp³-hybridized carbons (Fsp3) is 0.500. The van der Waals surface area contributed by atoms with Crippen molar-refractivity contribution in [3.63, 3.8) is 0 Å². The SMILES string of the molecule is CC(C)(C)OC(=O)NCCCN(Cc1ccc(-n2cc(I)c(N)nc2=O)cc1)C(=O)OC(C)(C)C. The number of aromatic nitrogens is 2. The summed E-state index contributed by atoms with van der Waals surface area (Å²) in [4.78, 5) is 42.3. The highest BCUT2D eigenvalue weighted by Gasteiger charge is 2.22. The Morgan fingerprint density at radius 3 is 2.26 bits per heavy atom. The van der Waals surface area contributed by atoms with Gasteiger partial charge in [0.1, 0.15) is 17.0 Å². The third-order valence-electron chi connectivity index (χ3n) is 4.42. The van der Waals surface area contributed by atoms with E-state index in [1.165, 1.54) is 4.57 Å². The number of nitrogen functional groups attached to an aromatic ring is 1. The number of halogens is 1. The standard InChI is InChI=1S/C24H34IN5O5/c1-23(2,3)34-21(32)27-12-7-13-29(22(33)35-24(4,5)6)14-16-8-10-17(11-9-16)30-15-18(25)19(26)28-20(30)31/h8-11,15H,7,12-14H2,1-6H3,(H,27,32)(H2,26,28,31). The molecular formula is C24H34IN5O5. The number of nitrogens with one attached hydrogen (secondary N) is 1. The number of amides is 2. The zero-order chi connectivity index (χ0) is 26.4. The van der Waals surface area contributed by atoms with Gasteiger partial charge in [0.05, 0.1) is 9.26 Å². The molecule has 192 valence electrons. The first-order valence-electron chi connectivity index (χ1n) is 11.2. The van der Waals surface area contributed by atoms with Gasteiger partial charge in [-0.05, 0) is 88.3 Å². The van der Waals surface area contributed by atoms with Crippen molar-refractivity contribution in [3.8, 4) is 5.69 Å². The van der Waals surface area contributed by atoms with E-state index in [2.05, 4.69) is 10.3 Å². The number of rotatable bonds is 7. The van der Waals surface area contributed by atoms with Gasteiger partial charge in [-0.1, -0.05) is 12.1 Å². The molecule has 2 aromatic rings. The maximum absolute atomic E-state index is 12.8. The normalized spacial score (nSPS) is 11.6. The van der Waals surface area contributed by atoms with Crippen molar-refractivity contribution in [1.29, 1.82) is 0 Å². The van der Waals surface area contributed by atoms with Crippen LogP contribution in [0.3, 0.4) is 0 Å². The van der Waals surface area contributed by atoms with E-state index in [4.69, 9.17) is 15.2 Å². The van der Waals surface area contributed by atoms with Gasteiger partial charge in [0.2, 0.25) is 0 Å². The van der Waals surface area contributed by atoms with Crippen molar-refractivity contribution < 1.29 is 19.1 Å². The molecule has 1 aromatic heterocycles. The Morgan fingerprint density at radius 1 is 1.09 bits per heavy atom. The number of carbonyl (C=O) groups is 2. The Kier molecular flexibility index (Phi) is 9.52. The van der Waals surface area contributed by atoms with Crippen molar-refractivity contribution in [2.24, 2.45) is 0 Å². The van der Waals surface area contributed by atoms with Gasteiger partial charge < -0.3 is 25.4 Å². The van der Waals surface area contributed by atoms with Crippen LogP contribution in [0.5, 0.6) is 0 Å². The molecule has 2 amide bonds. The van der Waals surface area contributed by atoms with Gasteiger partial charge in [-0.2, -0.15) is 4.98 Å². The Labute approximate surface area is 219 Å². The van der Waals surface area contributed by atoms with Crippen LogP contribution >= 0.6 is 22.6 Å². The highest BCUT2D eigenvalue weighted by Crippen LogP contribution is 2.16. The van der Waals surface area contributed by atoms with Crippen molar-refractivity contribution in [3.05, 3.63) is 50.1 Å². The second-order valence-corrected chi connectivity index (χ2v) is 11.1. The highest BCUT2D eigenvalue weighted by atomic mass is 127. The average molecular weight is 599 g/mol. The molecule has 0 aliphatic heterocycles. The molecule has 0 spiro atoms. The van der Waals surface area contributed by atoms with E-state index < -0.39 is 29.1 Å². The van der Waals surface area contributed by atoms with Crippen molar-refractivity contribution >= 4 is 40.6 Å². The van der Waals surface area contributed by atoms with Crippen LogP contribution in [-0.2, 0) is 16.0 Å². The molecule has 2 rings (SSSR count). The molecule has 0 saturated carbocycles. The second-order valence-electron chi connectivity index (χ2n) is 9.98. The molecule has 0 aliphatic carbocycles. The summed E-state index contributed by atoms with van der Waals surface area (Å²) in [5.74, 6) is 0.192. The fourth-order valence-corrected chi connectivity index (χ4v) is 3.35. The van der Waals surface area contributed by atoms with Crippen molar-refractivity contribution in [1.82, 2.24) is 19.8 Å². The van der Waals surface area contributed by atoms with E-state index in [9.17, 15) is 14.4 Å². The minimum Gasteiger partial charge on any atom is -0.444 e. The number of ether oxygens (including phenoxy) is 2. The van der Waals surface area contributed by atoms with Crippen LogP contribution in [0.2, 0.25) is 0 Å². The third-order valence-corrected chi connectivity index (χ3v) is 5.25. The van der Waals surface area contributed by atoms with Crippen LogP contribution in [0.1, 0.15) is 53.5 Å². The number of nitrogens with two attached hydrogens (primary N) is 1. The van der Waals surface area contributed by atoms with Crippen molar-refractivity contribution in [2.75, 3.05) is 18.8 Å².